The first kappa shape index (κ1) is 18.4. The summed E-state index contributed by atoms with van der Waals surface area (Å²) in [6, 6.07) is 19.4. The molecule has 2 aromatic heterocycles. The highest BCUT2D eigenvalue weighted by Gasteiger charge is 2.14. The summed E-state index contributed by atoms with van der Waals surface area (Å²) in [5.41, 5.74) is 2.22. The Morgan fingerprint density at radius 2 is 1.52 bits per heavy atom. The minimum Gasteiger partial charge on any atom is -0.373 e. The predicted molar refractivity (Wildman–Crippen MR) is 110 cm³/mol. The molecule has 4 rings (SSSR count). The molecular weight excluding hydrogens is 370 g/mol. The van der Waals surface area contributed by atoms with Crippen LogP contribution in [0.2, 0.25) is 0 Å². The third-order valence-electron chi connectivity index (χ3n) is 4.66. The molecule has 8 heteroatoms. The van der Waals surface area contributed by atoms with Crippen molar-refractivity contribution in [3.8, 4) is 0 Å². The van der Waals surface area contributed by atoms with Crippen LogP contribution in [-0.4, -0.2) is 24.4 Å². The highest BCUT2D eigenvalue weighted by atomic mass is 16.6. The lowest BCUT2D eigenvalue weighted by atomic mass is 10.0. The molecule has 0 atom stereocenters. The molecule has 0 spiro atoms. The second kappa shape index (κ2) is 7.59. The van der Waals surface area contributed by atoms with Crippen LogP contribution in [-0.2, 0) is 25.7 Å². The van der Waals surface area contributed by atoms with Gasteiger partial charge in [0.25, 0.3) is 5.56 Å². The average Bonchev–Trinajstić information content (AvgIpc) is 3.19. The maximum absolute atomic E-state index is 12.5. The first-order valence-electron chi connectivity index (χ1n) is 8.99. The zero-order valence-corrected chi connectivity index (χ0v) is 16.0. The number of hydrogen-bond donors (Lipinski definition) is 0. The number of hydrogen-bond acceptors (Lipinski definition) is 5. The summed E-state index contributed by atoms with van der Waals surface area (Å²) >= 11 is 0. The SMILES string of the molecule is Cn1c(=O)c2c(ncn2CON=C(c2ccccc2)c2ccccc2)n(C)c1=O. The largest absolute Gasteiger partial charge is 0.373 e. The molecule has 146 valence electrons. The van der Waals surface area contributed by atoms with E-state index in [9.17, 15) is 9.59 Å². The Labute approximate surface area is 165 Å². The van der Waals surface area contributed by atoms with Crippen LogP contribution in [0.25, 0.3) is 11.2 Å². The van der Waals surface area contributed by atoms with Crippen molar-refractivity contribution in [2.24, 2.45) is 19.3 Å². The smallest absolute Gasteiger partial charge is 0.332 e. The summed E-state index contributed by atoms with van der Waals surface area (Å²) < 4.78 is 3.91. The maximum atomic E-state index is 12.5. The highest BCUT2D eigenvalue weighted by Crippen LogP contribution is 2.12. The Bertz CT molecular complexity index is 1260. The van der Waals surface area contributed by atoms with E-state index in [0.29, 0.717) is 11.4 Å². The second-order valence-electron chi connectivity index (χ2n) is 6.52. The Hall–Kier alpha value is -3.94. The van der Waals surface area contributed by atoms with E-state index in [1.54, 1.807) is 7.05 Å². The molecule has 2 heterocycles. The minimum atomic E-state index is -0.431. The molecule has 0 N–H and O–H groups in total. The Kier molecular flexibility index (Phi) is 4.82. The van der Waals surface area contributed by atoms with Crippen LogP contribution in [0, 0.1) is 0 Å². The van der Waals surface area contributed by atoms with Crippen LogP contribution in [0.1, 0.15) is 11.1 Å². The summed E-state index contributed by atoms with van der Waals surface area (Å²) in [4.78, 5) is 34.4. The molecule has 29 heavy (non-hydrogen) atoms. The standard InChI is InChI=1S/C21H19N5O3/c1-24-19-18(20(27)25(2)21(24)28)26(13-22-19)14-29-23-17(15-9-5-3-6-10-15)16-11-7-4-8-12-16/h3-13H,14H2,1-2H3. The number of rotatable bonds is 5. The normalized spacial score (nSPS) is 10.8. The van der Waals surface area contributed by atoms with E-state index < -0.39 is 11.2 Å². The van der Waals surface area contributed by atoms with Gasteiger partial charge in [0.1, 0.15) is 12.0 Å². The van der Waals surface area contributed by atoms with Gasteiger partial charge in [-0.1, -0.05) is 65.8 Å². The van der Waals surface area contributed by atoms with Gasteiger partial charge in [-0.2, -0.15) is 0 Å². The first-order chi connectivity index (χ1) is 14.1. The number of nitrogens with zero attached hydrogens (tertiary/aromatic N) is 5. The van der Waals surface area contributed by atoms with Crippen molar-refractivity contribution in [1.29, 1.82) is 0 Å². The molecule has 0 saturated heterocycles. The first-order valence-corrected chi connectivity index (χ1v) is 8.99. The fourth-order valence-electron chi connectivity index (χ4n) is 3.11. The van der Waals surface area contributed by atoms with Crippen LogP contribution in [0.3, 0.4) is 0 Å². The molecule has 0 saturated carbocycles. The number of aromatic nitrogens is 4. The van der Waals surface area contributed by atoms with E-state index in [4.69, 9.17) is 4.84 Å². The molecule has 0 unspecified atom stereocenters. The van der Waals surface area contributed by atoms with Crippen LogP contribution in [0.4, 0.5) is 0 Å². The van der Waals surface area contributed by atoms with Crippen LogP contribution in [0.5, 0.6) is 0 Å². The molecule has 0 amide bonds. The van der Waals surface area contributed by atoms with Crippen molar-refractivity contribution in [2.45, 2.75) is 6.73 Å². The number of fused-ring (bicyclic) bond motifs is 1. The molecule has 0 bridgehead atoms. The quantitative estimate of drug-likeness (QED) is 0.385. The molecule has 8 nitrogen and oxygen atoms in total. The minimum absolute atomic E-state index is 0.0207. The summed E-state index contributed by atoms with van der Waals surface area (Å²) in [6.07, 6.45) is 1.46. The predicted octanol–water partition coefficient (Wildman–Crippen LogP) is 1.86. The molecule has 0 aliphatic rings. The maximum Gasteiger partial charge on any atom is 0.332 e. The van der Waals surface area contributed by atoms with E-state index in [1.807, 2.05) is 60.7 Å². The Morgan fingerprint density at radius 3 is 2.10 bits per heavy atom. The van der Waals surface area contributed by atoms with E-state index in [1.165, 1.54) is 22.5 Å². The lowest BCUT2D eigenvalue weighted by molar-refractivity contribution is 0.0867. The summed E-state index contributed by atoms with van der Waals surface area (Å²) in [6.45, 7) is -0.0207. The van der Waals surface area contributed by atoms with Crippen molar-refractivity contribution < 1.29 is 4.84 Å². The number of imidazole rings is 1. The Morgan fingerprint density at radius 1 is 0.931 bits per heavy atom. The molecule has 0 radical (unpaired) electrons. The zero-order chi connectivity index (χ0) is 20.4. The van der Waals surface area contributed by atoms with Gasteiger partial charge in [-0.3, -0.25) is 18.5 Å². The highest BCUT2D eigenvalue weighted by molar-refractivity contribution is 6.12. The van der Waals surface area contributed by atoms with Crippen molar-refractivity contribution in [1.82, 2.24) is 18.7 Å². The van der Waals surface area contributed by atoms with Gasteiger partial charge < -0.3 is 4.84 Å². The number of oxime groups is 1. The number of benzene rings is 2. The molecule has 0 fully saturated rings. The monoisotopic (exact) mass is 389 g/mol. The third-order valence-corrected chi connectivity index (χ3v) is 4.66. The van der Waals surface area contributed by atoms with Gasteiger partial charge in [0.2, 0.25) is 0 Å². The van der Waals surface area contributed by atoms with Gasteiger partial charge in [-0.25, -0.2) is 9.78 Å². The summed E-state index contributed by atoms with van der Waals surface area (Å²) in [7, 11) is 3.01. The lowest BCUT2D eigenvalue weighted by Crippen LogP contribution is -2.37. The lowest BCUT2D eigenvalue weighted by Gasteiger charge is -2.09. The van der Waals surface area contributed by atoms with Gasteiger partial charge in [0.15, 0.2) is 17.9 Å². The van der Waals surface area contributed by atoms with E-state index in [2.05, 4.69) is 10.1 Å². The van der Waals surface area contributed by atoms with Crippen LogP contribution < -0.4 is 11.2 Å². The summed E-state index contributed by atoms with van der Waals surface area (Å²) in [5, 5.41) is 4.33. The van der Waals surface area contributed by atoms with Gasteiger partial charge in [-0.15, -0.1) is 0 Å². The van der Waals surface area contributed by atoms with Gasteiger partial charge in [0.05, 0.1) is 0 Å². The van der Waals surface area contributed by atoms with Gasteiger partial charge >= 0.3 is 5.69 Å². The fourth-order valence-corrected chi connectivity index (χ4v) is 3.11. The molecule has 2 aromatic carbocycles. The van der Waals surface area contributed by atoms with Crippen molar-refractivity contribution in [3.63, 3.8) is 0 Å². The fraction of sp³-hybridized carbons (Fsp3) is 0.143. The second-order valence-corrected chi connectivity index (χ2v) is 6.52. The van der Waals surface area contributed by atoms with Crippen molar-refractivity contribution >= 4 is 16.9 Å². The molecular formula is C21H19N5O3. The Balaban J connectivity index is 1.70. The van der Waals surface area contributed by atoms with Gasteiger partial charge in [-0.05, 0) is 0 Å². The number of aryl methyl sites for hydroxylation is 1. The van der Waals surface area contributed by atoms with Crippen LogP contribution in [0.15, 0.2) is 81.7 Å². The molecule has 0 aliphatic carbocycles. The van der Waals surface area contributed by atoms with Crippen molar-refractivity contribution in [3.05, 3.63) is 99.0 Å². The van der Waals surface area contributed by atoms with E-state index in [0.717, 1.165) is 15.7 Å². The van der Waals surface area contributed by atoms with E-state index >= 15 is 0 Å². The average molecular weight is 389 g/mol. The third kappa shape index (κ3) is 3.36. The van der Waals surface area contributed by atoms with Crippen LogP contribution >= 0.6 is 0 Å². The van der Waals surface area contributed by atoms with Crippen molar-refractivity contribution in [2.75, 3.05) is 0 Å². The van der Waals surface area contributed by atoms with E-state index in [-0.39, 0.29) is 12.2 Å². The topological polar surface area (TPSA) is 83.4 Å². The molecule has 0 aliphatic heterocycles. The van der Waals surface area contributed by atoms with Gasteiger partial charge in [0, 0.05) is 25.2 Å². The zero-order valence-electron chi connectivity index (χ0n) is 16.0. The summed E-state index contributed by atoms with van der Waals surface area (Å²) in [5.74, 6) is 0. The molecule has 4 aromatic rings.